The molecule has 2 saturated heterocycles. The van der Waals surface area contributed by atoms with Crippen molar-refractivity contribution in [2.45, 2.75) is 13.0 Å². The number of piperazine rings is 2. The number of para-hydroxylation sites is 1. The Bertz CT molecular complexity index is 895. The van der Waals surface area contributed by atoms with Crippen molar-refractivity contribution in [1.82, 2.24) is 19.7 Å². The largest absolute Gasteiger partial charge is 0.368 e. The summed E-state index contributed by atoms with van der Waals surface area (Å²) < 4.78 is 0. The third kappa shape index (κ3) is 7.97. The van der Waals surface area contributed by atoms with Crippen LogP contribution in [0.15, 0.2) is 48.7 Å². The van der Waals surface area contributed by atoms with Gasteiger partial charge >= 0.3 is 0 Å². The number of carbonyl (C=O) groups excluding carboxylic acids is 2. The van der Waals surface area contributed by atoms with Crippen LogP contribution in [0.4, 0.5) is 5.69 Å². The molecule has 2 aromatic rings. The van der Waals surface area contributed by atoms with Gasteiger partial charge in [-0.1, -0.05) is 29.8 Å². The van der Waals surface area contributed by atoms with Crippen LogP contribution < -0.4 is 4.90 Å². The number of carbonyl (C=O) groups is 2. The average molecular weight is 551 g/mol. The SMILES string of the molecule is Cl.Cl.Cl.O=C1CN(Cc2ccccn2)CC(=O)N1CCCN1CCN(c2ccccc2Cl)CC1. The maximum atomic E-state index is 12.5. The molecule has 4 rings (SSSR count). The van der Waals surface area contributed by atoms with Gasteiger partial charge in [0.25, 0.3) is 0 Å². The highest BCUT2D eigenvalue weighted by Crippen LogP contribution is 2.26. The van der Waals surface area contributed by atoms with Crippen molar-refractivity contribution in [1.29, 1.82) is 0 Å². The fourth-order valence-electron chi connectivity index (χ4n) is 4.20. The van der Waals surface area contributed by atoms with E-state index in [9.17, 15) is 9.59 Å². The normalized spacial score (nSPS) is 17.0. The fraction of sp³-hybridized carbons (Fsp3) is 0.435. The molecular weight excluding hydrogens is 520 g/mol. The molecule has 34 heavy (non-hydrogen) atoms. The Balaban J connectivity index is 0.00000193. The molecule has 2 aliphatic heterocycles. The van der Waals surface area contributed by atoms with Crippen LogP contribution in [-0.4, -0.2) is 83.9 Å². The molecule has 2 amide bonds. The third-order valence-corrected chi connectivity index (χ3v) is 6.17. The molecule has 7 nitrogen and oxygen atoms in total. The van der Waals surface area contributed by atoms with Crippen LogP contribution in [0.3, 0.4) is 0 Å². The van der Waals surface area contributed by atoms with Crippen molar-refractivity contribution in [2.24, 2.45) is 0 Å². The lowest BCUT2D eigenvalue weighted by Gasteiger charge is -2.37. The van der Waals surface area contributed by atoms with Gasteiger partial charge in [0.05, 0.1) is 29.5 Å². The van der Waals surface area contributed by atoms with Crippen LogP contribution in [0.2, 0.25) is 5.02 Å². The van der Waals surface area contributed by atoms with Crippen molar-refractivity contribution in [3.05, 3.63) is 59.4 Å². The summed E-state index contributed by atoms with van der Waals surface area (Å²) in [6.45, 7) is 6.15. The zero-order chi connectivity index (χ0) is 21.6. The maximum absolute atomic E-state index is 12.5. The van der Waals surface area contributed by atoms with E-state index in [2.05, 4.69) is 20.9 Å². The standard InChI is InChI=1S/C23H28ClN5O2.3ClH/c24-20-7-1-2-8-21(20)28-14-12-26(13-15-28)10-5-11-29-22(30)17-27(18-23(29)31)16-19-6-3-4-9-25-19;;;/h1-4,6-9H,5,10-18H2;3*1H. The van der Waals surface area contributed by atoms with Gasteiger partial charge in [0.1, 0.15) is 0 Å². The Morgan fingerprint density at radius 2 is 1.44 bits per heavy atom. The molecule has 2 fully saturated rings. The van der Waals surface area contributed by atoms with Crippen LogP contribution in [0, 0.1) is 0 Å². The predicted octanol–water partition coefficient (Wildman–Crippen LogP) is 3.38. The van der Waals surface area contributed by atoms with E-state index in [1.54, 1.807) is 6.20 Å². The Morgan fingerprint density at radius 1 is 0.794 bits per heavy atom. The number of nitrogens with zero attached hydrogens (tertiary/aromatic N) is 5. The van der Waals surface area contributed by atoms with E-state index in [1.165, 1.54) is 4.90 Å². The van der Waals surface area contributed by atoms with Gasteiger partial charge < -0.3 is 4.90 Å². The van der Waals surface area contributed by atoms with E-state index in [1.807, 2.05) is 41.3 Å². The number of amides is 2. The number of aromatic nitrogens is 1. The Morgan fingerprint density at radius 3 is 2.06 bits per heavy atom. The van der Waals surface area contributed by atoms with E-state index < -0.39 is 0 Å². The quantitative estimate of drug-likeness (QED) is 0.492. The molecule has 2 aliphatic rings. The summed E-state index contributed by atoms with van der Waals surface area (Å²) in [5, 5.41) is 0.787. The molecule has 11 heteroatoms. The van der Waals surface area contributed by atoms with Crippen molar-refractivity contribution < 1.29 is 9.59 Å². The minimum Gasteiger partial charge on any atom is -0.368 e. The van der Waals surface area contributed by atoms with Gasteiger partial charge in [0.2, 0.25) is 11.8 Å². The minimum absolute atomic E-state index is 0. The first-order valence-corrected chi connectivity index (χ1v) is 11.2. The number of imide groups is 1. The smallest absolute Gasteiger partial charge is 0.243 e. The minimum atomic E-state index is -0.115. The number of pyridine rings is 1. The monoisotopic (exact) mass is 549 g/mol. The van der Waals surface area contributed by atoms with Crippen LogP contribution in [-0.2, 0) is 16.1 Å². The van der Waals surface area contributed by atoms with Gasteiger partial charge in [-0.2, -0.15) is 0 Å². The van der Waals surface area contributed by atoms with Gasteiger partial charge in [-0.3, -0.25) is 29.3 Å². The fourth-order valence-corrected chi connectivity index (χ4v) is 4.46. The highest BCUT2D eigenvalue weighted by atomic mass is 35.5. The lowest BCUT2D eigenvalue weighted by molar-refractivity contribution is -0.151. The predicted molar refractivity (Wildman–Crippen MR) is 143 cm³/mol. The Kier molecular flexibility index (Phi) is 13.2. The van der Waals surface area contributed by atoms with Gasteiger partial charge in [-0.15, -0.1) is 37.2 Å². The second-order valence-corrected chi connectivity index (χ2v) is 8.45. The lowest BCUT2D eigenvalue weighted by Crippen LogP contribution is -2.54. The van der Waals surface area contributed by atoms with Crippen LogP contribution in [0.1, 0.15) is 12.1 Å². The van der Waals surface area contributed by atoms with Crippen molar-refractivity contribution in [2.75, 3.05) is 57.3 Å². The van der Waals surface area contributed by atoms with Gasteiger partial charge in [0, 0.05) is 45.5 Å². The van der Waals surface area contributed by atoms with E-state index in [0.717, 1.165) is 55.5 Å². The average Bonchev–Trinajstić information content (AvgIpc) is 2.77. The topological polar surface area (TPSA) is 60.0 Å². The van der Waals surface area contributed by atoms with E-state index in [4.69, 9.17) is 11.6 Å². The molecule has 188 valence electrons. The zero-order valence-electron chi connectivity index (χ0n) is 18.8. The second-order valence-electron chi connectivity index (χ2n) is 8.04. The molecule has 0 atom stereocenters. The summed E-state index contributed by atoms with van der Waals surface area (Å²) in [7, 11) is 0. The van der Waals surface area contributed by atoms with Crippen LogP contribution >= 0.6 is 48.8 Å². The molecule has 0 N–H and O–H groups in total. The van der Waals surface area contributed by atoms with Crippen LogP contribution in [0.25, 0.3) is 0 Å². The van der Waals surface area contributed by atoms with Gasteiger partial charge in [-0.25, -0.2) is 0 Å². The lowest BCUT2D eigenvalue weighted by atomic mass is 10.2. The van der Waals surface area contributed by atoms with Crippen molar-refractivity contribution in [3.8, 4) is 0 Å². The summed E-state index contributed by atoms with van der Waals surface area (Å²) in [6.07, 6.45) is 2.52. The van der Waals surface area contributed by atoms with E-state index in [-0.39, 0.29) is 62.1 Å². The summed E-state index contributed by atoms with van der Waals surface area (Å²) in [4.78, 5) is 37.3. The summed E-state index contributed by atoms with van der Waals surface area (Å²) in [5.74, 6) is -0.230. The van der Waals surface area contributed by atoms with Crippen molar-refractivity contribution >= 4 is 66.3 Å². The molecule has 0 aliphatic carbocycles. The van der Waals surface area contributed by atoms with E-state index >= 15 is 0 Å². The van der Waals surface area contributed by atoms with E-state index in [0.29, 0.717) is 13.1 Å². The van der Waals surface area contributed by atoms with Gasteiger partial charge in [-0.05, 0) is 37.2 Å². The number of hydrogen-bond acceptors (Lipinski definition) is 6. The number of benzene rings is 1. The number of hydrogen-bond donors (Lipinski definition) is 0. The first-order valence-electron chi connectivity index (χ1n) is 10.8. The zero-order valence-corrected chi connectivity index (χ0v) is 22.1. The third-order valence-electron chi connectivity index (χ3n) is 5.85. The molecule has 1 aromatic carbocycles. The second kappa shape index (κ2) is 14.7. The molecule has 0 spiro atoms. The molecule has 0 saturated carbocycles. The molecule has 1 aromatic heterocycles. The Labute approximate surface area is 224 Å². The first-order chi connectivity index (χ1) is 15.1. The highest BCUT2D eigenvalue weighted by molar-refractivity contribution is 6.33. The maximum Gasteiger partial charge on any atom is 0.243 e. The van der Waals surface area contributed by atoms with Crippen molar-refractivity contribution in [3.63, 3.8) is 0 Å². The summed E-state index contributed by atoms with van der Waals surface area (Å²) in [5.41, 5.74) is 1.95. The molecular formula is C23H31Cl4N5O2. The highest BCUT2D eigenvalue weighted by Gasteiger charge is 2.31. The molecule has 0 radical (unpaired) electrons. The number of halogens is 4. The van der Waals surface area contributed by atoms with Gasteiger partial charge in [0.15, 0.2) is 0 Å². The molecule has 0 unspecified atom stereocenters. The number of anilines is 1. The first kappa shape index (κ1) is 30.4. The summed E-state index contributed by atoms with van der Waals surface area (Å²) >= 11 is 6.31. The van der Waals surface area contributed by atoms with Crippen LogP contribution in [0.5, 0.6) is 0 Å². The number of rotatable bonds is 7. The Hall–Kier alpha value is -1.61. The molecule has 0 bridgehead atoms. The molecule has 3 heterocycles. The summed E-state index contributed by atoms with van der Waals surface area (Å²) in [6, 6.07) is 13.6.